The van der Waals surface area contributed by atoms with E-state index in [0.29, 0.717) is 24.5 Å². The second-order valence-electron chi connectivity index (χ2n) is 5.80. The average Bonchev–Trinajstić information content (AvgIpc) is 2.59. The second-order valence-corrected chi connectivity index (χ2v) is 5.80. The molecule has 0 aliphatic rings. The summed E-state index contributed by atoms with van der Waals surface area (Å²) >= 11 is 0. The average molecular weight is 324 g/mol. The third-order valence-electron chi connectivity index (χ3n) is 3.38. The van der Waals surface area contributed by atoms with Crippen molar-refractivity contribution < 1.29 is 14.3 Å². The first-order valence-corrected chi connectivity index (χ1v) is 8.27. The van der Waals surface area contributed by atoms with Gasteiger partial charge in [-0.2, -0.15) is 0 Å². The lowest BCUT2D eigenvalue weighted by molar-refractivity contribution is -0.114. The first-order valence-electron chi connectivity index (χ1n) is 8.27. The highest BCUT2D eigenvalue weighted by atomic mass is 16.5. The topological polar surface area (TPSA) is 35.5 Å². The minimum atomic E-state index is 0.0422. The second kappa shape index (κ2) is 8.92. The van der Waals surface area contributed by atoms with Crippen LogP contribution < -0.4 is 9.47 Å². The number of allylic oxidation sites excluding steroid dienone is 1. The van der Waals surface area contributed by atoms with E-state index in [2.05, 4.69) is 0 Å². The maximum atomic E-state index is 11.4. The molecular weight excluding hydrogens is 300 g/mol. The molecule has 2 aromatic rings. The van der Waals surface area contributed by atoms with Crippen LogP contribution in [0.25, 0.3) is 6.08 Å². The van der Waals surface area contributed by atoms with Gasteiger partial charge in [0.1, 0.15) is 6.61 Å². The molecule has 0 aliphatic heterocycles. The molecule has 0 aliphatic carbocycles. The number of carbonyl (C=O) groups excluding carboxylic acids is 1. The predicted octanol–water partition coefficient (Wildman–Crippen LogP) is 5.05. The number of hydrogen-bond acceptors (Lipinski definition) is 3. The fourth-order valence-electron chi connectivity index (χ4n) is 2.14. The predicted molar refractivity (Wildman–Crippen MR) is 97.3 cm³/mol. The Labute approximate surface area is 143 Å². The Kier molecular flexibility index (Phi) is 6.62. The lowest BCUT2D eigenvalue weighted by Gasteiger charge is -2.16. The molecule has 3 nitrogen and oxygen atoms in total. The van der Waals surface area contributed by atoms with Crippen molar-refractivity contribution in [3.05, 3.63) is 65.7 Å². The Balaban J connectivity index is 2.16. The number of rotatable bonds is 8. The van der Waals surface area contributed by atoms with Gasteiger partial charge in [0, 0.05) is 6.42 Å². The summed E-state index contributed by atoms with van der Waals surface area (Å²) < 4.78 is 11.8. The molecule has 126 valence electrons. The number of ether oxygens (including phenoxy) is 2. The van der Waals surface area contributed by atoms with Gasteiger partial charge in [-0.1, -0.05) is 49.4 Å². The third kappa shape index (κ3) is 5.58. The molecular formula is C21H24O3. The Morgan fingerprint density at radius 1 is 1.08 bits per heavy atom. The van der Waals surface area contributed by atoms with Gasteiger partial charge in [-0.15, -0.1) is 0 Å². The van der Waals surface area contributed by atoms with Crippen molar-refractivity contribution >= 4 is 11.9 Å². The number of ketones is 1. The van der Waals surface area contributed by atoms with E-state index >= 15 is 0 Å². The van der Waals surface area contributed by atoms with Gasteiger partial charge in [0.05, 0.1) is 6.10 Å². The van der Waals surface area contributed by atoms with Crippen LogP contribution in [0.15, 0.2) is 54.6 Å². The van der Waals surface area contributed by atoms with Crippen LogP contribution in [0.5, 0.6) is 11.5 Å². The van der Waals surface area contributed by atoms with E-state index in [9.17, 15) is 4.79 Å². The van der Waals surface area contributed by atoms with E-state index in [0.717, 1.165) is 11.1 Å². The fourth-order valence-corrected chi connectivity index (χ4v) is 2.14. The number of carbonyl (C=O) groups is 1. The molecule has 0 atom stereocenters. The molecule has 24 heavy (non-hydrogen) atoms. The molecule has 0 amide bonds. The van der Waals surface area contributed by atoms with Crippen LogP contribution in [0.2, 0.25) is 0 Å². The number of hydrogen-bond donors (Lipinski definition) is 0. The maximum Gasteiger partial charge on any atom is 0.162 e. The molecule has 0 unspecified atom stereocenters. The van der Waals surface area contributed by atoms with Crippen LogP contribution >= 0.6 is 0 Å². The monoisotopic (exact) mass is 324 g/mol. The van der Waals surface area contributed by atoms with Gasteiger partial charge >= 0.3 is 0 Å². The maximum absolute atomic E-state index is 11.4. The molecule has 2 rings (SSSR count). The molecule has 0 bridgehead atoms. The molecule has 0 saturated carbocycles. The van der Waals surface area contributed by atoms with Crippen LogP contribution in [0.4, 0.5) is 0 Å². The van der Waals surface area contributed by atoms with Crippen LogP contribution in [-0.2, 0) is 11.4 Å². The molecule has 0 spiro atoms. The lowest BCUT2D eigenvalue weighted by atomic mass is 10.1. The van der Waals surface area contributed by atoms with Crippen molar-refractivity contribution in [2.45, 2.75) is 39.9 Å². The van der Waals surface area contributed by atoms with E-state index in [1.165, 1.54) is 0 Å². The summed E-state index contributed by atoms with van der Waals surface area (Å²) in [6, 6.07) is 15.7. The Bertz CT molecular complexity index is 687. The zero-order valence-electron chi connectivity index (χ0n) is 14.5. The minimum absolute atomic E-state index is 0.0422. The van der Waals surface area contributed by atoms with E-state index in [1.807, 2.05) is 69.3 Å². The molecule has 0 aromatic heterocycles. The van der Waals surface area contributed by atoms with Crippen LogP contribution in [-0.4, -0.2) is 11.9 Å². The van der Waals surface area contributed by atoms with Crippen LogP contribution in [0, 0.1) is 0 Å². The quantitative estimate of drug-likeness (QED) is 0.638. The molecule has 0 saturated heterocycles. The summed E-state index contributed by atoms with van der Waals surface area (Å²) in [6.45, 7) is 6.29. The van der Waals surface area contributed by atoms with Crippen LogP contribution in [0.3, 0.4) is 0 Å². The van der Waals surface area contributed by atoms with E-state index < -0.39 is 0 Å². The van der Waals surface area contributed by atoms with Crippen molar-refractivity contribution in [3.63, 3.8) is 0 Å². The van der Waals surface area contributed by atoms with Gasteiger partial charge in [0.15, 0.2) is 17.3 Å². The molecule has 0 fully saturated rings. The van der Waals surface area contributed by atoms with Crippen LogP contribution in [0.1, 0.15) is 38.3 Å². The van der Waals surface area contributed by atoms with Gasteiger partial charge < -0.3 is 9.47 Å². The van der Waals surface area contributed by atoms with E-state index in [-0.39, 0.29) is 11.9 Å². The molecule has 2 aromatic carbocycles. The largest absolute Gasteiger partial charge is 0.487 e. The zero-order valence-corrected chi connectivity index (χ0v) is 14.5. The van der Waals surface area contributed by atoms with Gasteiger partial charge in [-0.25, -0.2) is 0 Å². The third-order valence-corrected chi connectivity index (χ3v) is 3.38. The summed E-state index contributed by atoms with van der Waals surface area (Å²) in [7, 11) is 0. The lowest BCUT2D eigenvalue weighted by Crippen LogP contribution is -2.07. The van der Waals surface area contributed by atoms with Crippen molar-refractivity contribution in [2.24, 2.45) is 0 Å². The summed E-state index contributed by atoms with van der Waals surface area (Å²) in [5, 5.41) is 0. The Hall–Kier alpha value is -2.55. The normalized spacial score (nSPS) is 11.0. The van der Waals surface area contributed by atoms with Gasteiger partial charge in [-0.05, 0) is 43.2 Å². The van der Waals surface area contributed by atoms with Crippen molar-refractivity contribution in [1.82, 2.24) is 0 Å². The zero-order chi connectivity index (χ0) is 17.4. The van der Waals surface area contributed by atoms with Gasteiger partial charge in [-0.3, -0.25) is 4.79 Å². The summed E-state index contributed by atoms with van der Waals surface area (Å²) in [6.07, 6.45) is 3.95. The smallest absolute Gasteiger partial charge is 0.162 e. The number of benzene rings is 2. The highest BCUT2D eigenvalue weighted by molar-refractivity contribution is 5.93. The Morgan fingerprint density at radius 3 is 2.50 bits per heavy atom. The highest BCUT2D eigenvalue weighted by Crippen LogP contribution is 2.30. The fraction of sp³-hybridized carbons (Fsp3) is 0.286. The van der Waals surface area contributed by atoms with Crippen molar-refractivity contribution in [3.8, 4) is 11.5 Å². The minimum Gasteiger partial charge on any atom is -0.487 e. The van der Waals surface area contributed by atoms with Crippen molar-refractivity contribution in [2.75, 3.05) is 0 Å². The molecule has 0 heterocycles. The van der Waals surface area contributed by atoms with Crippen molar-refractivity contribution in [1.29, 1.82) is 0 Å². The summed E-state index contributed by atoms with van der Waals surface area (Å²) in [5.41, 5.74) is 2.02. The van der Waals surface area contributed by atoms with Gasteiger partial charge in [0.25, 0.3) is 0 Å². The first kappa shape index (κ1) is 17.8. The molecule has 0 radical (unpaired) electrons. The Morgan fingerprint density at radius 2 is 1.83 bits per heavy atom. The molecule has 3 heteroatoms. The molecule has 0 N–H and O–H groups in total. The standard InChI is InChI=1S/C21H24O3/c1-4-19(22)12-10-17-11-13-20(21(14-17)24-16(2)3)23-15-18-8-6-5-7-9-18/h5-14,16H,4,15H2,1-3H3. The van der Waals surface area contributed by atoms with E-state index in [4.69, 9.17) is 9.47 Å². The first-order chi connectivity index (χ1) is 11.6. The summed E-state index contributed by atoms with van der Waals surface area (Å²) in [5.74, 6) is 1.49. The summed E-state index contributed by atoms with van der Waals surface area (Å²) in [4.78, 5) is 11.4. The highest BCUT2D eigenvalue weighted by Gasteiger charge is 2.08. The SMILES string of the molecule is CCC(=O)C=Cc1ccc(OCc2ccccc2)c(OC(C)C)c1. The van der Waals surface area contributed by atoms with E-state index in [1.54, 1.807) is 12.2 Å². The van der Waals surface area contributed by atoms with Gasteiger partial charge in [0.2, 0.25) is 0 Å².